The van der Waals surface area contributed by atoms with Gasteiger partial charge in [-0.05, 0) is 42.3 Å². The molecule has 3 rings (SSSR count). The molecule has 128 valence electrons. The van der Waals surface area contributed by atoms with Crippen LogP contribution in [0.1, 0.15) is 28.5 Å². The first-order valence-electron chi connectivity index (χ1n) is 7.79. The number of hydrogen-bond donors (Lipinski definition) is 1. The van der Waals surface area contributed by atoms with E-state index in [0.717, 1.165) is 16.9 Å². The molecule has 25 heavy (non-hydrogen) atoms. The molecule has 1 aromatic carbocycles. The molecule has 0 atom stereocenters. The lowest BCUT2D eigenvalue weighted by molar-refractivity contribution is 0.0950. The lowest BCUT2D eigenvalue weighted by Gasteiger charge is -2.09. The summed E-state index contributed by atoms with van der Waals surface area (Å²) in [4.78, 5) is 16.5. The summed E-state index contributed by atoms with van der Waals surface area (Å²) in [6.45, 7) is 2.41. The van der Waals surface area contributed by atoms with E-state index < -0.39 is 0 Å². The normalized spacial score (nSPS) is 10.7. The predicted octanol–water partition coefficient (Wildman–Crippen LogP) is 4.07. The molecule has 0 bridgehead atoms. The maximum Gasteiger partial charge on any atom is 0.255 e. The average Bonchev–Trinajstić information content (AvgIpc) is 3.07. The maximum atomic E-state index is 12.5. The first-order chi connectivity index (χ1) is 12.1. The lowest BCUT2D eigenvalue weighted by Crippen LogP contribution is -2.23. The summed E-state index contributed by atoms with van der Waals surface area (Å²) in [5.74, 6) is -0.167. The zero-order valence-corrected chi connectivity index (χ0v) is 15.1. The van der Waals surface area contributed by atoms with Crippen molar-refractivity contribution in [3.8, 4) is 5.69 Å². The van der Waals surface area contributed by atoms with Gasteiger partial charge in [0.2, 0.25) is 0 Å². The monoisotopic (exact) mass is 374 g/mol. The fourth-order valence-corrected chi connectivity index (χ4v) is 2.81. The van der Waals surface area contributed by atoms with Crippen LogP contribution < -0.4 is 5.32 Å². The van der Waals surface area contributed by atoms with Gasteiger partial charge in [-0.25, -0.2) is 4.68 Å². The van der Waals surface area contributed by atoms with Gasteiger partial charge in [0.1, 0.15) is 0 Å². The molecule has 0 spiro atoms. The van der Waals surface area contributed by atoms with E-state index >= 15 is 0 Å². The molecule has 0 aliphatic carbocycles. The Kier molecular flexibility index (Phi) is 5.36. The highest BCUT2D eigenvalue weighted by molar-refractivity contribution is 6.42. The summed E-state index contributed by atoms with van der Waals surface area (Å²) in [6, 6.07) is 8.98. The smallest absolute Gasteiger partial charge is 0.255 e. The average molecular weight is 375 g/mol. The van der Waals surface area contributed by atoms with Crippen LogP contribution in [0, 0.1) is 0 Å². The Morgan fingerprint density at radius 2 is 1.92 bits per heavy atom. The van der Waals surface area contributed by atoms with Gasteiger partial charge in [-0.15, -0.1) is 0 Å². The predicted molar refractivity (Wildman–Crippen MR) is 98.4 cm³/mol. The van der Waals surface area contributed by atoms with E-state index in [0.29, 0.717) is 28.6 Å². The molecular weight excluding hydrogens is 359 g/mol. The van der Waals surface area contributed by atoms with Crippen molar-refractivity contribution in [3.05, 3.63) is 75.8 Å². The minimum atomic E-state index is -0.167. The largest absolute Gasteiger partial charge is 0.348 e. The number of benzene rings is 1. The molecule has 7 heteroatoms. The van der Waals surface area contributed by atoms with Crippen LogP contribution >= 0.6 is 23.2 Å². The number of amides is 1. The molecule has 1 N–H and O–H groups in total. The number of rotatable bonds is 5. The number of carbonyl (C=O) groups excluding carboxylic acids is 1. The van der Waals surface area contributed by atoms with Crippen LogP contribution in [0.25, 0.3) is 5.69 Å². The highest BCUT2D eigenvalue weighted by atomic mass is 35.5. The Balaban J connectivity index is 1.84. The van der Waals surface area contributed by atoms with Gasteiger partial charge in [0.05, 0.1) is 33.2 Å². The molecule has 0 aliphatic rings. The Hall–Kier alpha value is -2.37. The van der Waals surface area contributed by atoms with Gasteiger partial charge in [-0.2, -0.15) is 5.10 Å². The standard InChI is InChI=1S/C18H16Cl2N4O/c1-2-17-14(18(25)22-10-12-5-7-21-8-6-12)11-23-24(17)13-3-4-15(19)16(20)9-13/h3-9,11H,2,10H2,1H3,(H,22,25). The molecule has 0 aliphatic heterocycles. The highest BCUT2D eigenvalue weighted by Crippen LogP contribution is 2.25. The molecule has 5 nitrogen and oxygen atoms in total. The van der Waals surface area contributed by atoms with Crippen LogP contribution in [0.2, 0.25) is 10.0 Å². The van der Waals surface area contributed by atoms with Gasteiger partial charge in [0.15, 0.2) is 0 Å². The third-order valence-corrected chi connectivity index (χ3v) is 4.54. The van der Waals surface area contributed by atoms with Gasteiger partial charge < -0.3 is 5.32 Å². The van der Waals surface area contributed by atoms with Gasteiger partial charge in [-0.1, -0.05) is 30.1 Å². The minimum absolute atomic E-state index is 0.167. The van der Waals surface area contributed by atoms with E-state index in [1.807, 2.05) is 25.1 Å². The molecular formula is C18H16Cl2N4O. The molecule has 2 heterocycles. The lowest BCUT2D eigenvalue weighted by atomic mass is 10.1. The van der Waals surface area contributed by atoms with Gasteiger partial charge >= 0.3 is 0 Å². The fourth-order valence-electron chi connectivity index (χ4n) is 2.52. The van der Waals surface area contributed by atoms with E-state index in [-0.39, 0.29) is 5.91 Å². The van der Waals surface area contributed by atoms with Crippen molar-refractivity contribution < 1.29 is 4.79 Å². The minimum Gasteiger partial charge on any atom is -0.348 e. The number of carbonyl (C=O) groups is 1. The summed E-state index contributed by atoms with van der Waals surface area (Å²) in [5.41, 5.74) is 3.10. The Morgan fingerprint density at radius 3 is 2.60 bits per heavy atom. The van der Waals surface area contributed by atoms with Crippen molar-refractivity contribution in [1.29, 1.82) is 0 Å². The van der Waals surface area contributed by atoms with E-state index in [2.05, 4.69) is 15.4 Å². The molecule has 0 saturated heterocycles. The summed E-state index contributed by atoms with van der Waals surface area (Å²) >= 11 is 12.1. The second-order valence-electron chi connectivity index (χ2n) is 5.41. The van der Waals surface area contributed by atoms with Gasteiger partial charge in [0, 0.05) is 18.9 Å². The molecule has 0 saturated carbocycles. The van der Waals surface area contributed by atoms with E-state index in [4.69, 9.17) is 23.2 Å². The number of pyridine rings is 1. The van der Waals surface area contributed by atoms with Crippen LogP contribution in [0.4, 0.5) is 0 Å². The molecule has 0 unspecified atom stereocenters. The SMILES string of the molecule is CCc1c(C(=O)NCc2ccncc2)cnn1-c1ccc(Cl)c(Cl)c1. The van der Waals surface area contributed by atoms with E-state index in [1.165, 1.54) is 0 Å². The molecule has 1 amide bonds. The highest BCUT2D eigenvalue weighted by Gasteiger charge is 2.17. The second kappa shape index (κ2) is 7.68. The van der Waals surface area contributed by atoms with Crippen LogP contribution in [0.15, 0.2) is 48.9 Å². The van der Waals surface area contributed by atoms with Crippen molar-refractivity contribution in [2.75, 3.05) is 0 Å². The van der Waals surface area contributed by atoms with Crippen molar-refractivity contribution in [1.82, 2.24) is 20.1 Å². The summed E-state index contributed by atoms with van der Waals surface area (Å²) in [7, 11) is 0. The number of nitrogens with one attached hydrogen (secondary N) is 1. The van der Waals surface area contributed by atoms with Gasteiger partial charge in [-0.3, -0.25) is 9.78 Å². The van der Waals surface area contributed by atoms with Crippen molar-refractivity contribution in [2.45, 2.75) is 19.9 Å². The molecule has 3 aromatic rings. The first-order valence-corrected chi connectivity index (χ1v) is 8.55. The second-order valence-corrected chi connectivity index (χ2v) is 6.22. The van der Waals surface area contributed by atoms with Crippen molar-refractivity contribution in [3.63, 3.8) is 0 Å². The molecule has 0 radical (unpaired) electrons. The number of halogens is 2. The third-order valence-electron chi connectivity index (χ3n) is 3.80. The quantitative estimate of drug-likeness (QED) is 0.732. The van der Waals surface area contributed by atoms with Crippen LogP contribution in [-0.4, -0.2) is 20.7 Å². The van der Waals surface area contributed by atoms with Crippen LogP contribution in [0.5, 0.6) is 0 Å². The zero-order chi connectivity index (χ0) is 17.8. The number of aromatic nitrogens is 3. The maximum absolute atomic E-state index is 12.5. The van der Waals surface area contributed by atoms with Crippen LogP contribution in [-0.2, 0) is 13.0 Å². The summed E-state index contributed by atoms with van der Waals surface area (Å²) in [5, 5.41) is 8.18. The fraction of sp³-hybridized carbons (Fsp3) is 0.167. The summed E-state index contributed by atoms with van der Waals surface area (Å²) < 4.78 is 1.71. The number of nitrogens with zero attached hydrogens (tertiary/aromatic N) is 3. The third kappa shape index (κ3) is 3.83. The van der Waals surface area contributed by atoms with E-state index in [1.54, 1.807) is 35.4 Å². The van der Waals surface area contributed by atoms with E-state index in [9.17, 15) is 4.79 Å². The topological polar surface area (TPSA) is 59.8 Å². The Morgan fingerprint density at radius 1 is 1.16 bits per heavy atom. The first kappa shape index (κ1) is 17.5. The Labute approximate surface area is 155 Å². The molecule has 0 fully saturated rings. The van der Waals surface area contributed by atoms with Crippen molar-refractivity contribution in [2.24, 2.45) is 0 Å². The summed E-state index contributed by atoms with van der Waals surface area (Å²) in [6.07, 6.45) is 5.62. The van der Waals surface area contributed by atoms with Gasteiger partial charge in [0.25, 0.3) is 5.91 Å². The molecule has 2 aromatic heterocycles. The number of hydrogen-bond acceptors (Lipinski definition) is 3. The van der Waals surface area contributed by atoms with Crippen LogP contribution in [0.3, 0.4) is 0 Å². The van der Waals surface area contributed by atoms with Crippen molar-refractivity contribution >= 4 is 29.1 Å². The zero-order valence-electron chi connectivity index (χ0n) is 13.5. The Bertz CT molecular complexity index is 893.